The van der Waals surface area contributed by atoms with Crippen LogP contribution in [0.15, 0.2) is 78.9 Å². The molecule has 0 radical (unpaired) electrons. The van der Waals surface area contributed by atoms with E-state index in [-0.39, 0.29) is 24.0 Å². The molecule has 1 aliphatic carbocycles. The van der Waals surface area contributed by atoms with E-state index in [9.17, 15) is 14.4 Å². The van der Waals surface area contributed by atoms with Crippen molar-refractivity contribution in [2.75, 3.05) is 14.2 Å². The largest absolute Gasteiger partial charge is 0.497 e. The number of rotatable bonds is 11. The van der Waals surface area contributed by atoms with Gasteiger partial charge < -0.3 is 29.0 Å². The molecule has 4 rings (SSSR count). The Morgan fingerprint density at radius 1 is 0.707 bits per heavy atom. The summed E-state index contributed by atoms with van der Waals surface area (Å²) in [7, 11) is 3.06. The standard InChI is InChI=1S/C32H35NO8/c1-37-24-13-17-26(18-14-24)40-30(34)28(31(35)41-27-19-15-25(38-2)16-20-27)29(23-11-7-4-8-12-23)33-32(36)39-21-22-9-5-3-6-10-22/h3,5-6,9-10,13-20,23,28-29H,4,7-8,11-12,21H2,1-2H3,(H,33,36)/t29-/m0/s1. The van der Waals surface area contributed by atoms with Gasteiger partial charge in [0.15, 0.2) is 5.92 Å². The lowest BCUT2D eigenvalue weighted by Crippen LogP contribution is -2.53. The fourth-order valence-electron chi connectivity index (χ4n) is 4.90. The first kappa shape index (κ1) is 29.5. The highest BCUT2D eigenvalue weighted by molar-refractivity contribution is 5.98. The number of hydrogen-bond acceptors (Lipinski definition) is 8. The van der Waals surface area contributed by atoms with Crippen molar-refractivity contribution in [1.29, 1.82) is 0 Å². The first-order valence-corrected chi connectivity index (χ1v) is 13.7. The molecule has 3 aromatic rings. The minimum absolute atomic E-state index is 0.0430. The number of hydrogen-bond donors (Lipinski definition) is 1. The third-order valence-electron chi connectivity index (χ3n) is 7.08. The number of nitrogens with one attached hydrogen (secondary N) is 1. The Bertz CT molecular complexity index is 1210. The van der Waals surface area contributed by atoms with Crippen LogP contribution in [0.25, 0.3) is 0 Å². The molecule has 1 amide bonds. The highest BCUT2D eigenvalue weighted by Gasteiger charge is 2.44. The third kappa shape index (κ3) is 8.48. The summed E-state index contributed by atoms with van der Waals surface area (Å²) >= 11 is 0. The molecule has 0 unspecified atom stereocenters. The van der Waals surface area contributed by atoms with Crippen LogP contribution in [0.4, 0.5) is 4.79 Å². The van der Waals surface area contributed by atoms with Gasteiger partial charge in [0.1, 0.15) is 29.6 Å². The Balaban J connectivity index is 1.59. The van der Waals surface area contributed by atoms with Gasteiger partial charge in [-0.1, -0.05) is 49.6 Å². The Kier molecular flexibility index (Phi) is 10.6. The van der Waals surface area contributed by atoms with Crippen molar-refractivity contribution in [3.05, 3.63) is 84.4 Å². The summed E-state index contributed by atoms with van der Waals surface area (Å²) in [6.07, 6.45) is 3.59. The van der Waals surface area contributed by atoms with Crippen LogP contribution in [-0.4, -0.2) is 38.3 Å². The maximum atomic E-state index is 13.7. The van der Waals surface area contributed by atoms with Crippen LogP contribution < -0.4 is 24.3 Å². The van der Waals surface area contributed by atoms with E-state index in [1.165, 1.54) is 14.2 Å². The molecule has 9 heteroatoms. The molecular weight excluding hydrogens is 526 g/mol. The zero-order chi connectivity index (χ0) is 29.0. The molecule has 1 aliphatic rings. The van der Waals surface area contributed by atoms with Gasteiger partial charge in [-0.2, -0.15) is 0 Å². The zero-order valence-corrected chi connectivity index (χ0v) is 23.2. The van der Waals surface area contributed by atoms with E-state index in [4.69, 9.17) is 23.7 Å². The van der Waals surface area contributed by atoms with Crippen LogP contribution in [-0.2, 0) is 20.9 Å². The van der Waals surface area contributed by atoms with E-state index >= 15 is 0 Å². The summed E-state index contributed by atoms with van der Waals surface area (Å²) in [5, 5.41) is 2.82. The summed E-state index contributed by atoms with van der Waals surface area (Å²) in [6.45, 7) is 0.0430. The summed E-state index contributed by atoms with van der Waals surface area (Å²) in [5.74, 6) is -1.66. The van der Waals surface area contributed by atoms with Crippen molar-refractivity contribution in [2.45, 2.75) is 44.8 Å². The SMILES string of the molecule is COc1ccc(OC(=O)C(C(=O)Oc2ccc(OC)cc2)[C@@H](NC(=O)OCc2ccccc2)C2CCCCC2)cc1. The fraction of sp³-hybridized carbons (Fsp3) is 0.344. The number of amides is 1. The Hall–Kier alpha value is -4.53. The number of carbonyl (C=O) groups excluding carboxylic acids is 3. The summed E-state index contributed by atoms with van der Waals surface area (Å²) < 4.78 is 27.1. The number of carbonyl (C=O) groups is 3. The van der Waals surface area contributed by atoms with Gasteiger partial charge in [0.25, 0.3) is 0 Å². The van der Waals surface area contributed by atoms with Gasteiger partial charge in [0, 0.05) is 0 Å². The van der Waals surface area contributed by atoms with Crippen molar-refractivity contribution < 1.29 is 38.1 Å². The summed E-state index contributed by atoms with van der Waals surface area (Å²) in [6, 6.07) is 21.2. The van der Waals surface area contributed by atoms with Crippen LogP contribution in [0.1, 0.15) is 37.7 Å². The monoisotopic (exact) mass is 561 g/mol. The van der Waals surface area contributed by atoms with Gasteiger partial charge in [0.2, 0.25) is 0 Å². The van der Waals surface area contributed by atoms with Gasteiger partial charge in [-0.3, -0.25) is 9.59 Å². The molecule has 1 fully saturated rings. The van der Waals surface area contributed by atoms with Crippen LogP contribution >= 0.6 is 0 Å². The number of benzene rings is 3. The Labute approximate surface area is 239 Å². The van der Waals surface area contributed by atoms with Gasteiger partial charge in [0.05, 0.1) is 20.3 Å². The van der Waals surface area contributed by atoms with Crippen LogP contribution in [0.5, 0.6) is 23.0 Å². The molecule has 0 heterocycles. The van der Waals surface area contributed by atoms with Crippen LogP contribution in [0.2, 0.25) is 0 Å². The second-order valence-corrected chi connectivity index (χ2v) is 9.80. The molecule has 0 saturated heterocycles. The minimum atomic E-state index is -1.45. The number of esters is 2. The molecule has 0 aliphatic heterocycles. The van der Waals surface area contributed by atoms with Crippen LogP contribution in [0, 0.1) is 11.8 Å². The van der Waals surface area contributed by atoms with E-state index in [0.717, 1.165) is 37.7 Å². The fourth-order valence-corrected chi connectivity index (χ4v) is 4.90. The summed E-state index contributed by atoms with van der Waals surface area (Å²) in [5.41, 5.74) is 0.811. The van der Waals surface area contributed by atoms with E-state index in [2.05, 4.69) is 5.32 Å². The highest BCUT2D eigenvalue weighted by atomic mass is 16.6. The molecule has 0 aromatic heterocycles. The van der Waals surface area contributed by atoms with Crippen molar-refractivity contribution in [3.63, 3.8) is 0 Å². The average molecular weight is 562 g/mol. The molecule has 1 saturated carbocycles. The first-order valence-electron chi connectivity index (χ1n) is 13.7. The molecule has 1 N–H and O–H groups in total. The van der Waals surface area contributed by atoms with Gasteiger partial charge in [-0.05, 0) is 72.9 Å². The van der Waals surface area contributed by atoms with E-state index in [1.54, 1.807) is 48.5 Å². The summed E-state index contributed by atoms with van der Waals surface area (Å²) in [4.78, 5) is 40.4. The number of ether oxygens (including phenoxy) is 5. The molecule has 41 heavy (non-hydrogen) atoms. The van der Waals surface area contributed by atoms with Crippen molar-refractivity contribution in [3.8, 4) is 23.0 Å². The lowest BCUT2D eigenvalue weighted by molar-refractivity contribution is -0.153. The van der Waals surface area contributed by atoms with Crippen LogP contribution in [0.3, 0.4) is 0 Å². The zero-order valence-electron chi connectivity index (χ0n) is 23.2. The molecule has 0 spiro atoms. The molecule has 1 atom stereocenters. The van der Waals surface area contributed by atoms with E-state index < -0.39 is 30.0 Å². The Morgan fingerprint density at radius 3 is 1.68 bits per heavy atom. The molecule has 0 bridgehead atoms. The van der Waals surface area contributed by atoms with E-state index in [1.807, 2.05) is 30.3 Å². The van der Waals surface area contributed by atoms with E-state index in [0.29, 0.717) is 11.5 Å². The maximum Gasteiger partial charge on any atom is 0.407 e. The minimum Gasteiger partial charge on any atom is -0.497 e. The van der Waals surface area contributed by atoms with Crippen molar-refractivity contribution in [1.82, 2.24) is 5.32 Å². The smallest absolute Gasteiger partial charge is 0.407 e. The molecule has 3 aromatic carbocycles. The number of methoxy groups -OCH3 is 2. The lowest BCUT2D eigenvalue weighted by atomic mass is 9.78. The van der Waals surface area contributed by atoms with Crippen molar-refractivity contribution >= 4 is 18.0 Å². The third-order valence-corrected chi connectivity index (χ3v) is 7.08. The number of alkyl carbamates (subject to hydrolysis) is 1. The van der Waals surface area contributed by atoms with Crippen molar-refractivity contribution in [2.24, 2.45) is 11.8 Å². The predicted molar refractivity (Wildman–Crippen MR) is 151 cm³/mol. The maximum absolute atomic E-state index is 13.7. The van der Waals surface area contributed by atoms with Gasteiger partial charge in [-0.15, -0.1) is 0 Å². The second-order valence-electron chi connectivity index (χ2n) is 9.80. The predicted octanol–water partition coefficient (Wildman–Crippen LogP) is 5.71. The first-order chi connectivity index (χ1) is 20.0. The van der Waals surface area contributed by atoms with Gasteiger partial charge in [-0.25, -0.2) is 4.79 Å². The normalized spacial score (nSPS) is 14.0. The van der Waals surface area contributed by atoms with Gasteiger partial charge >= 0.3 is 18.0 Å². The lowest BCUT2D eigenvalue weighted by Gasteiger charge is -2.34. The molecule has 9 nitrogen and oxygen atoms in total. The molecular formula is C32H35NO8. The topological polar surface area (TPSA) is 109 Å². The Morgan fingerprint density at radius 2 is 1.20 bits per heavy atom. The second kappa shape index (κ2) is 14.7. The average Bonchev–Trinajstić information content (AvgIpc) is 3.01. The molecule has 216 valence electrons. The quantitative estimate of drug-likeness (QED) is 0.180. The highest BCUT2D eigenvalue weighted by Crippen LogP contribution is 2.32.